The van der Waals surface area contributed by atoms with Gasteiger partial charge in [-0.1, -0.05) is 18.7 Å². The van der Waals surface area contributed by atoms with Crippen molar-refractivity contribution in [2.45, 2.75) is 63.7 Å². The van der Waals surface area contributed by atoms with E-state index in [2.05, 4.69) is 5.32 Å². The second kappa shape index (κ2) is 8.32. The molecule has 148 valence electrons. The fourth-order valence-corrected chi connectivity index (χ4v) is 5.31. The molecule has 2 heterocycles. The van der Waals surface area contributed by atoms with E-state index in [1.54, 1.807) is 23.0 Å². The highest BCUT2D eigenvalue weighted by atomic mass is 32.2. The number of nitrogens with zero attached hydrogens (tertiary/aromatic N) is 2. The third-order valence-corrected chi connectivity index (χ3v) is 7.16. The summed E-state index contributed by atoms with van der Waals surface area (Å²) in [7, 11) is 1.62. The van der Waals surface area contributed by atoms with Gasteiger partial charge >= 0.3 is 0 Å². The number of hydrogen-bond donors (Lipinski definition) is 1. The van der Waals surface area contributed by atoms with Crippen molar-refractivity contribution >= 4 is 39.2 Å². The molecule has 0 aromatic carbocycles. The summed E-state index contributed by atoms with van der Waals surface area (Å²) in [6, 6.07) is 0. The van der Waals surface area contributed by atoms with E-state index in [4.69, 9.17) is 9.72 Å². The molecule has 0 radical (unpaired) electrons. The molecular weight excluding hydrogens is 382 g/mol. The van der Waals surface area contributed by atoms with Gasteiger partial charge in [0.15, 0.2) is 5.16 Å². The molecule has 1 aliphatic rings. The van der Waals surface area contributed by atoms with Gasteiger partial charge in [-0.05, 0) is 45.1 Å². The molecule has 2 aromatic rings. The topological polar surface area (TPSA) is 73.2 Å². The van der Waals surface area contributed by atoms with Crippen LogP contribution in [0.1, 0.15) is 44.1 Å². The first kappa shape index (κ1) is 20.4. The van der Waals surface area contributed by atoms with Gasteiger partial charge in [0.25, 0.3) is 5.56 Å². The van der Waals surface area contributed by atoms with Crippen LogP contribution in [0, 0.1) is 0 Å². The van der Waals surface area contributed by atoms with Gasteiger partial charge in [-0.3, -0.25) is 14.2 Å². The number of hydrogen-bond acceptors (Lipinski definition) is 6. The average molecular weight is 410 g/mol. The Kier molecular flexibility index (Phi) is 6.28. The van der Waals surface area contributed by atoms with Crippen LogP contribution in [0.15, 0.2) is 9.95 Å². The molecule has 3 rings (SSSR count). The van der Waals surface area contributed by atoms with Crippen molar-refractivity contribution in [3.8, 4) is 0 Å². The molecule has 0 bridgehead atoms. The molecule has 8 heteroatoms. The zero-order chi connectivity index (χ0) is 19.6. The molecule has 27 heavy (non-hydrogen) atoms. The van der Waals surface area contributed by atoms with Gasteiger partial charge in [-0.25, -0.2) is 4.98 Å². The summed E-state index contributed by atoms with van der Waals surface area (Å²) in [5, 5.41) is 4.38. The van der Waals surface area contributed by atoms with E-state index in [0.717, 1.165) is 35.9 Å². The number of carbonyl (C=O) groups is 1. The maximum absolute atomic E-state index is 13.2. The van der Waals surface area contributed by atoms with Crippen molar-refractivity contribution < 1.29 is 9.53 Å². The summed E-state index contributed by atoms with van der Waals surface area (Å²) in [5.41, 5.74) is 0.935. The van der Waals surface area contributed by atoms with Gasteiger partial charge < -0.3 is 10.1 Å². The minimum Gasteiger partial charge on any atom is -0.383 e. The fourth-order valence-electron chi connectivity index (χ4n) is 3.18. The Morgan fingerprint density at radius 1 is 1.41 bits per heavy atom. The fraction of sp³-hybridized carbons (Fsp3) is 0.632. The summed E-state index contributed by atoms with van der Waals surface area (Å²) >= 11 is 2.94. The molecule has 1 amide bonds. The Labute approximate surface area is 167 Å². The molecule has 0 saturated heterocycles. The molecule has 0 fully saturated rings. The van der Waals surface area contributed by atoms with Gasteiger partial charge in [0, 0.05) is 17.5 Å². The highest BCUT2D eigenvalue weighted by Crippen LogP contribution is 2.35. The van der Waals surface area contributed by atoms with Crippen LogP contribution in [0.25, 0.3) is 10.2 Å². The average Bonchev–Trinajstić information content (AvgIpc) is 3.19. The number of thioether (sulfide) groups is 1. The van der Waals surface area contributed by atoms with E-state index in [-0.39, 0.29) is 22.8 Å². The van der Waals surface area contributed by atoms with Crippen molar-refractivity contribution in [3.63, 3.8) is 0 Å². The zero-order valence-electron chi connectivity index (χ0n) is 16.4. The number of methoxy groups -OCH3 is 1. The van der Waals surface area contributed by atoms with Gasteiger partial charge in [-0.15, -0.1) is 11.3 Å². The molecule has 0 unspecified atom stereocenters. The van der Waals surface area contributed by atoms with Crippen LogP contribution in [0.2, 0.25) is 0 Å². The van der Waals surface area contributed by atoms with Crippen molar-refractivity contribution in [1.29, 1.82) is 0 Å². The Bertz CT molecular complexity index is 902. The molecule has 0 atom stereocenters. The summed E-state index contributed by atoms with van der Waals surface area (Å²) in [5.74, 6) is 0.188. The van der Waals surface area contributed by atoms with E-state index in [1.807, 2.05) is 20.8 Å². The molecule has 0 spiro atoms. The molecule has 0 aliphatic heterocycles. The summed E-state index contributed by atoms with van der Waals surface area (Å²) in [4.78, 5) is 32.3. The maximum Gasteiger partial charge on any atom is 0.263 e. The second-order valence-corrected chi connectivity index (χ2v) is 9.48. The number of ether oxygens (including phenoxy) is 1. The Hall–Kier alpha value is -1.38. The second-order valence-electron chi connectivity index (χ2n) is 7.46. The van der Waals surface area contributed by atoms with Gasteiger partial charge in [0.2, 0.25) is 5.91 Å². The van der Waals surface area contributed by atoms with Crippen molar-refractivity contribution in [1.82, 2.24) is 14.9 Å². The van der Waals surface area contributed by atoms with E-state index >= 15 is 0 Å². The Balaban J connectivity index is 1.89. The lowest BCUT2D eigenvalue weighted by Gasteiger charge is -2.24. The SMILES string of the molecule is CCC(C)(C)NC(=O)CSc1nc2sc3c(c2c(=O)n1CCOC)CCC3. The number of nitrogens with one attached hydrogen (secondary N) is 1. The van der Waals surface area contributed by atoms with Crippen LogP contribution >= 0.6 is 23.1 Å². The number of rotatable bonds is 8. The van der Waals surface area contributed by atoms with Gasteiger partial charge in [0.1, 0.15) is 4.83 Å². The molecule has 6 nitrogen and oxygen atoms in total. The summed E-state index contributed by atoms with van der Waals surface area (Å²) in [6.45, 7) is 6.92. The standard InChI is InChI=1S/C19H27N3O3S2/c1-5-19(2,3)21-14(23)11-26-18-20-16-15(12-7-6-8-13(12)27-16)17(24)22(18)9-10-25-4/h5-11H2,1-4H3,(H,21,23). The summed E-state index contributed by atoms with van der Waals surface area (Å²) in [6.07, 6.45) is 3.95. The van der Waals surface area contributed by atoms with E-state index < -0.39 is 0 Å². The predicted octanol–water partition coefficient (Wildman–Crippen LogP) is 2.99. The normalized spacial score (nSPS) is 13.9. The van der Waals surface area contributed by atoms with E-state index in [1.165, 1.54) is 22.2 Å². The third kappa shape index (κ3) is 4.38. The number of carbonyl (C=O) groups excluding carboxylic acids is 1. The number of amides is 1. The largest absolute Gasteiger partial charge is 0.383 e. The van der Waals surface area contributed by atoms with Crippen LogP contribution in [-0.2, 0) is 28.9 Å². The van der Waals surface area contributed by atoms with Crippen LogP contribution in [0.3, 0.4) is 0 Å². The molecule has 0 saturated carbocycles. The highest BCUT2D eigenvalue weighted by molar-refractivity contribution is 7.99. The monoisotopic (exact) mass is 409 g/mol. The van der Waals surface area contributed by atoms with Crippen molar-refractivity contribution in [2.75, 3.05) is 19.5 Å². The van der Waals surface area contributed by atoms with Gasteiger partial charge in [-0.2, -0.15) is 0 Å². The summed E-state index contributed by atoms with van der Waals surface area (Å²) < 4.78 is 6.84. The minimum absolute atomic E-state index is 0.00625. The lowest BCUT2D eigenvalue weighted by molar-refractivity contribution is -0.120. The van der Waals surface area contributed by atoms with Crippen LogP contribution in [-0.4, -0.2) is 40.5 Å². The number of aryl methyl sites for hydroxylation is 2. The van der Waals surface area contributed by atoms with Crippen LogP contribution in [0.4, 0.5) is 0 Å². The maximum atomic E-state index is 13.2. The minimum atomic E-state index is -0.237. The number of aromatic nitrogens is 2. The molecule has 1 N–H and O–H groups in total. The lowest BCUT2D eigenvalue weighted by atomic mass is 10.0. The predicted molar refractivity (Wildman–Crippen MR) is 111 cm³/mol. The van der Waals surface area contributed by atoms with E-state index in [0.29, 0.717) is 18.3 Å². The van der Waals surface area contributed by atoms with Crippen LogP contribution in [0.5, 0.6) is 0 Å². The molecule has 2 aromatic heterocycles. The Morgan fingerprint density at radius 2 is 2.19 bits per heavy atom. The zero-order valence-corrected chi connectivity index (χ0v) is 18.0. The third-order valence-electron chi connectivity index (χ3n) is 5.00. The van der Waals surface area contributed by atoms with Gasteiger partial charge in [0.05, 0.1) is 24.3 Å². The quantitative estimate of drug-likeness (QED) is 0.536. The van der Waals surface area contributed by atoms with E-state index in [9.17, 15) is 9.59 Å². The molecular formula is C19H27N3O3S2. The highest BCUT2D eigenvalue weighted by Gasteiger charge is 2.24. The molecule has 1 aliphatic carbocycles. The lowest BCUT2D eigenvalue weighted by Crippen LogP contribution is -2.43. The first-order chi connectivity index (χ1) is 12.9. The first-order valence-electron chi connectivity index (χ1n) is 9.34. The van der Waals surface area contributed by atoms with Crippen LogP contribution < -0.4 is 10.9 Å². The number of fused-ring (bicyclic) bond motifs is 3. The smallest absolute Gasteiger partial charge is 0.263 e. The van der Waals surface area contributed by atoms with Crippen molar-refractivity contribution in [3.05, 3.63) is 20.8 Å². The van der Waals surface area contributed by atoms with Crippen molar-refractivity contribution in [2.24, 2.45) is 0 Å². The Morgan fingerprint density at radius 3 is 2.89 bits per heavy atom. The number of thiophene rings is 1. The first-order valence-corrected chi connectivity index (χ1v) is 11.1.